The number of nitrogens with one attached hydrogen (secondary N) is 1. The molecule has 1 unspecified atom stereocenters. The average Bonchev–Trinajstić information content (AvgIpc) is 3.11. The third kappa shape index (κ3) is 6.54. The average molecular weight is 586 g/mol. The first-order chi connectivity index (χ1) is 19.7. The number of unbranched alkanes of at least 4 members (excludes halogenated alkanes) is 1. The van der Waals surface area contributed by atoms with Gasteiger partial charge in [-0.25, -0.2) is 8.57 Å². The molecule has 6 nitrogen and oxygen atoms in total. The Bertz CT molecular complexity index is 1470. The van der Waals surface area contributed by atoms with Crippen molar-refractivity contribution < 1.29 is 27.2 Å². The van der Waals surface area contributed by atoms with Crippen LogP contribution in [0.1, 0.15) is 43.7 Å². The topological polar surface area (TPSA) is 74.2 Å². The molecule has 1 aliphatic carbocycles. The molecule has 0 aromatic heterocycles. The van der Waals surface area contributed by atoms with Gasteiger partial charge in [0.25, 0.3) is 0 Å². The number of halogens is 3. The summed E-state index contributed by atoms with van der Waals surface area (Å²) in [6, 6.07) is 21.0. The molecule has 3 atom stereocenters. The number of anilines is 2. The van der Waals surface area contributed by atoms with Gasteiger partial charge in [0.05, 0.1) is 23.2 Å². The van der Waals surface area contributed by atoms with Crippen LogP contribution < -0.4 is 14.4 Å². The number of benzene rings is 3. The van der Waals surface area contributed by atoms with E-state index in [1.165, 1.54) is 23.3 Å². The van der Waals surface area contributed by atoms with Crippen LogP contribution in [-0.2, 0) is 22.8 Å². The SMILES string of the molecule is CCCCN=S(=O)(NC1=CCC[C@H](N2c3ccccc3CCc3ccccc32)[C@H]1O)c1ccc(OC(F)(F)F)cc1. The molecule has 41 heavy (non-hydrogen) atoms. The molecule has 0 fully saturated rings. The van der Waals surface area contributed by atoms with Crippen molar-refractivity contribution in [2.45, 2.75) is 68.9 Å². The minimum atomic E-state index is -4.83. The van der Waals surface area contributed by atoms with Crippen LogP contribution in [-0.4, -0.2) is 34.4 Å². The molecule has 0 bridgehead atoms. The first-order valence-electron chi connectivity index (χ1n) is 13.9. The van der Waals surface area contributed by atoms with Gasteiger partial charge in [-0.1, -0.05) is 55.8 Å². The van der Waals surface area contributed by atoms with Gasteiger partial charge in [-0.3, -0.25) is 4.72 Å². The van der Waals surface area contributed by atoms with Crippen molar-refractivity contribution >= 4 is 21.3 Å². The summed E-state index contributed by atoms with van der Waals surface area (Å²) in [5.74, 6) is -0.410. The van der Waals surface area contributed by atoms with Gasteiger partial charge in [0, 0.05) is 11.4 Å². The molecule has 0 radical (unpaired) electrons. The van der Waals surface area contributed by atoms with Gasteiger partial charge in [0.15, 0.2) is 9.92 Å². The summed E-state index contributed by atoms with van der Waals surface area (Å²) in [7, 11) is -3.32. The highest BCUT2D eigenvalue weighted by Gasteiger charge is 2.36. The fourth-order valence-corrected chi connectivity index (χ4v) is 7.19. The highest BCUT2D eigenvalue weighted by Crippen LogP contribution is 2.41. The van der Waals surface area contributed by atoms with Crippen LogP contribution in [0.2, 0.25) is 0 Å². The van der Waals surface area contributed by atoms with E-state index in [1.54, 1.807) is 0 Å². The second-order valence-electron chi connectivity index (χ2n) is 10.2. The van der Waals surface area contributed by atoms with Gasteiger partial charge in [-0.2, -0.15) is 0 Å². The predicted molar refractivity (Wildman–Crippen MR) is 154 cm³/mol. The molecule has 0 spiro atoms. The number of fused-ring (bicyclic) bond motifs is 2. The summed E-state index contributed by atoms with van der Waals surface area (Å²) in [5.41, 5.74) is 4.85. The second-order valence-corrected chi connectivity index (χ2v) is 12.2. The number of aryl methyl sites for hydroxylation is 2. The molecule has 3 aromatic carbocycles. The number of nitrogens with zero attached hydrogens (tertiary/aromatic N) is 2. The lowest BCUT2D eigenvalue weighted by molar-refractivity contribution is -0.274. The van der Waals surface area contributed by atoms with Gasteiger partial charge in [0.2, 0.25) is 0 Å². The Morgan fingerprint density at radius 1 is 1.00 bits per heavy atom. The fraction of sp³-hybridized carbons (Fsp3) is 0.355. The summed E-state index contributed by atoms with van der Waals surface area (Å²) in [6.07, 6.45) is 0.587. The highest BCUT2D eigenvalue weighted by molar-refractivity contribution is 7.91. The first-order valence-corrected chi connectivity index (χ1v) is 15.4. The summed E-state index contributed by atoms with van der Waals surface area (Å²) >= 11 is 0. The maximum Gasteiger partial charge on any atom is 0.573 e. The van der Waals surface area contributed by atoms with E-state index in [0.29, 0.717) is 31.5 Å². The summed E-state index contributed by atoms with van der Waals surface area (Å²) in [5, 5.41) is 11.8. The number of aliphatic hydroxyl groups is 1. The maximum absolute atomic E-state index is 14.3. The molecule has 3 aromatic rings. The van der Waals surface area contributed by atoms with Crippen molar-refractivity contribution in [1.29, 1.82) is 0 Å². The zero-order valence-electron chi connectivity index (χ0n) is 22.8. The standard InChI is InChI=1S/C31H34F3N3O3S/c1-2-3-21-35-41(39,25-19-17-24(18-20-25)40-31(32,33)34)36-26-11-8-14-29(30(26)38)37-27-12-6-4-9-22(27)15-16-23-10-5-7-13-28(23)37/h4-7,9-13,17-20,29-30,38H,2-3,8,14-16,21H2,1H3,(H,35,36,39)/t29-,30-,41?/m0/s1. The Hall–Kier alpha value is -3.50. The van der Waals surface area contributed by atoms with E-state index in [4.69, 9.17) is 0 Å². The van der Waals surface area contributed by atoms with Crippen molar-refractivity contribution in [3.63, 3.8) is 0 Å². The smallest absolute Gasteiger partial charge is 0.406 e. The fourth-order valence-electron chi connectivity index (χ4n) is 5.44. The third-order valence-electron chi connectivity index (χ3n) is 7.43. The normalized spacial score (nSPS) is 20.1. The van der Waals surface area contributed by atoms with Crippen LogP contribution in [0.5, 0.6) is 5.75 Å². The van der Waals surface area contributed by atoms with E-state index < -0.39 is 28.1 Å². The van der Waals surface area contributed by atoms with Crippen LogP contribution >= 0.6 is 0 Å². The Morgan fingerprint density at radius 3 is 2.20 bits per heavy atom. The van der Waals surface area contributed by atoms with Crippen LogP contribution in [0, 0.1) is 0 Å². The number of hydrogen-bond donors (Lipinski definition) is 2. The predicted octanol–water partition coefficient (Wildman–Crippen LogP) is 7.06. The second kappa shape index (κ2) is 12.2. The highest BCUT2D eigenvalue weighted by atomic mass is 32.2. The maximum atomic E-state index is 14.3. The monoisotopic (exact) mass is 585 g/mol. The lowest BCUT2D eigenvalue weighted by Gasteiger charge is -2.40. The Balaban J connectivity index is 1.48. The zero-order valence-corrected chi connectivity index (χ0v) is 23.6. The van der Waals surface area contributed by atoms with E-state index in [2.05, 4.69) is 43.0 Å². The van der Waals surface area contributed by atoms with Crippen molar-refractivity contribution in [2.24, 2.45) is 4.36 Å². The number of alkyl halides is 3. The van der Waals surface area contributed by atoms with E-state index >= 15 is 0 Å². The number of aliphatic hydroxyl groups excluding tert-OH is 1. The van der Waals surface area contributed by atoms with Crippen molar-refractivity contribution in [3.8, 4) is 5.75 Å². The molecule has 0 amide bonds. The van der Waals surface area contributed by atoms with E-state index in [9.17, 15) is 22.5 Å². The minimum absolute atomic E-state index is 0.212. The lowest BCUT2D eigenvalue weighted by Crippen LogP contribution is -2.47. The van der Waals surface area contributed by atoms with Crippen LogP contribution in [0.25, 0.3) is 0 Å². The van der Waals surface area contributed by atoms with Crippen LogP contribution in [0.4, 0.5) is 24.5 Å². The van der Waals surface area contributed by atoms with Gasteiger partial charge in [0.1, 0.15) is 11.9 Å². The summed E-state index contributed by atoms with van der Waals surface area (Å²) < 4.78 is 63.8. The molecule has 2 N–H and O–H groups in total. The van der Waals surface area contributed by atoms with Gasteiger partial charge in [-0.05, 0) is 79.6 Å². The molecule has 2 aliphatic rings. The largest absolute Gasteiger partial charge is 0.573 e. The first kappa shape index (κ1) is 29.0. The Labute approximate surface area is 239 Å². The molecule has 0 saturated heterocycles. The lowest BCUT2D eigenvalue weighted by atomic mass is 9.93. The van der Waals surface area contributed by atoms with E-state index in [0.717, 1.165) is 42.8 Å². The van der Waals surface area contributed by atoms with E-state index in [-0.39, 0.29) is 10.9 Å². The van der Waals surface area contributed by atoms with Gasteiger partial charge >= 0.3 is 6.36 Å². The third-order valence-corrected chi connectivity index (χ3v) is 9.39. The van der Waals surface area contributed by atoms with Crippen molar-refractivity contribution in [2.75, 3.05) is 11.4 Å². The van der Waals surface area contributed by atoms with E-state index in [1.807, 2.05) is 37.3 Å². The molecule has 10 heteroatoms. The molecule has 218 valence electrons. The quantitative estimate of drug-likeness (QED) is 0.278. The van der Waals surface area contributed by atoms with Crippen molar-refractivity contribution in [3.05, 3.63) is 95.7 Å². The zero-order chi connectivity index (χ0) is 29.0. The Morgan fingerprint density at radius 2 is 1.61 bits per heavy atom. The summed E-state index contributed by atoms with van der Waals surface area (Å²) in [4.78, 5) is 2.42. The number of rotatable bonds is 8. The number of hydrogen-bond acceptors (Lipinski definition) is 5. The molecule has 1 heterocycles. The number of para-hydroxylation sites is 2. The number of allylic oxidation sites excluding steroid dienone is 1. The Kier molecular flexibility index (Phi) is 8.60. The molecule has 0 saturated carbocycles. The summed E-state index contributed by atoms with van der Waals surface area (Å²) in [6.45, 7) is 2.28. The van der Waals surface area contributed by atoms with Gasteiger partial charge < -0.3 is 14.7 Å². The van der Waals surface area contributed by atoms with Crippen molar-refractivity contribution in [1.82, 2.24) is 4.72 Å². The molecular formula is C31H34F3N3O3S. The minimum Gasteiger partial charge on any atom is -0.406 e. The van der Waals surface area contributed by atoms with Gasteiger partial charge in [-0.15, -0.1) is 13.2 Å². The molecule has 1 aliphatic heterocycles. The number of ether oxygens (including phenoxy) is 1. The van der Waals surface area contributed by atoms with Crippen LogP contribution in [0.3, 0.4) is 0 Å². The molecular weight excluding hydrogens is 551 g/mol. The molecule has 5 rings (SSSR count). The van der Waals surface area contributed by atoms with Crippen LogP contribution in [0.15, 0.2) is 93.8 Å².